The van der Waals surface area contributed by atoms with Gasteiger partial charge < -0.3 is 24.4 Å². The summed E-state index contributed by atoms with van der Waals surface area (Å²) >= 11 is -1.31. The van der Waals surface area contributed by atoms with Crippen LogP contribution in [-0.2, 0) is 20.8 Å². The third-order valence-corrected chi connectivity index (χ3v) is 7.38. The van der Waals surface area contributed by atoms with Crippen molar-refractivity contribution < 1.29 is 29.1 Å². The van der Waals surface area contributed by atoms with Crippen molar-refractivity contribution in [2.45, 2.75) is 115 Å². The first-order chi connectivity index (χ1) is 17.8. The van der Waals surface area contributed by atoms with E-state index in [0.29, 0.717) is 22.9 Å². The molecule has 2 N–H and O–H groups in total. The van der Waals surface area contributed by atoms with Crippen LogP contribution in [0.15, 0.2) is 23.1 Å². The average Bonchev–Trinajstić information content (AvgIpc) is 2.84. The lowest BCUT2D eigenvalue weighted by atomic mass is 10.0. The van der Waals surface area contributed by atoms with Crippen molar-refractivity contribution in [2.24, 2.45) is 0 Å². The average molecular weight is 540 g/mol. The molecule has 0 aliphatic heterocycles. The van der Waals surface area contributed by atoms with Gasteiger partial charge in [-0.15, -0.1) is 0 Å². The molecular formula is C29H49NO6S. The number of carboxylic acids is 2. The van der Waals surface area contributed by atoms with Crippen molar-refractivity contribution in [3.05, 3.63) is 18.2 Å². The zero-order valence-electron chi connectivity index (χ0n) is 23.0. The molecule has 1 aromatic rings. The number of hydrogen-bond donors (Lipinski definition) is 2. The van der Waals surface area contributed by atoms with E-state index in [1.807, 2.05) is 0 Å². The van der Waals surface area contributed by atoms with Crippen molar-refractivity contribution >= 4 is 28.8 Å². The Bertz CT molecular complexity index is 742. The fourth-order valence-electron chi connectivity index (χ4n) is 4.39. The normalized spacial score (nSPS) is 11.9. The molecule has 0 bridgehead atoms. The van der Waals surface area contributed by atoms with Crippen molar-refractivity contribution in [3.8, 4) is 5.75 Å². The maximum Gasteiger partial charge on any atom is 0.323 e. The monoisotopic (exact) mass is 539 g/mol. The van der Waals surface area contributed by atoms with Gasteiger partial charge in [-0.25, -0.2) is 0 Å². The van der Waals surface area contributed by atoms with E-state index in [4.69, 9.17) is 14.9 Å². The van der Waals surface area contributed by atoms with Gasteiger partial charge in [0.1, 0.15) is 25.1 Å². The summed E-state index contributed by atoms with van der Waals surface area (Å²) in [4.78, 5) is 24.1. The number of nitrogens with zero attached hydrogens (tertiary/aromatic N) is 1. The van der Waals surface area contributed by atoms with Crippen molar-refractivity contribution in [1.29, 1.82) is 0 Å². The summed E-state index contributed by atoms with van der Waals surface area (Å²) in [6.07, 6.45) is 22.3. The van der Waals surface area contributed by atoms with Gasteiger partial charge in [-0.2, -0.15) is 0 Å². The second-order valence-electron chi connectivity index (χ2n) is 9.91. The van der Waals surface area contributed by atoms with Gasteiger partial charge in [0.05, 0.1) is 6.61 Å². The minimum atomic E-state index is -1.31. The number of ether oxygens (including phenoxy) is 1. The number of anilines is 1. The summed E-state index contributed by atoms with van der Waals surface area (Å²) in [7, 11) is 0. The Hall–Kier alpha value is -1.93. The van der Waals surface area contributed by atoms with Gasteiger partial charge >= 0.3 is 11.9 Å². The van der Waals surface area contributed by atoms with Crippen molar-refractivity contribution in [2.75, 3.05) is 30.9 Å². The highest BCUT2D eigenvalue weighted by Crippen LogP contribution is 2.27. The van der Waals surface area contributed by atoms with Crippen LogP contribution >= 0.6 is 0 Å². The molecule has 1 aromatic carbocycles. The van der Waals surface area contributed by atoms with Gasteiger partial charge in [0, 0.05) is 23.9 Å². The Kier molecular flexibility index (Phi) is 18.8. The van der Waals surface area contributed by atoms with Crippen LogP contribution in [0.5, 0.6) is 5.75 Å². The summed E-state index contributed by atoms with van der Waals surface area (Å²) in [5.74, 6) is -1.80. The second kappa shape index (κ2) is 21.1. The van der Waals surface area contributed by atoms with Crippen molar-refractivity contribution in [1.82, 2.24) is 0 Å². The van der Waals surface area contributed by atoms with Gasteiger partial charge in [-0.3, -0.25) is 9.59 Å². The summed E-state index contributed by atoms with van der Waals surface area (Å²) in [6, 6.07) is 4.85. The van der Waals surface area contributed by atoms with Crippen LogP contribution in [0.4, 0.5) is 5.69 Å². The lowest BCUT2D eigenvalue weighted by Gasteiger charge is -2.22. The highest BCUT2D eigenvalue weighted by atomic mass is 32.2. The summed E-state index contributed by atoms with van der Waals surface area (Å²) < 4.78 is 17.9. The standard InChI is InChI=1S/C29H49NO6S/c1-3-4-5-6-7-8-9-10-11-12-13-14-15-16-17-18-19-36-26-20-25(21-27(22-26)37(2)35)30(23-28(31)32)24-29(33)34/h20-22H,3-19,23-24H2,1-2H3,(H,31,32)(H,33,34). The van der Waals surface area contributed by atoms with Crippen LogP contribution < -0.4 is 9.64 Å². The van der Waals surface area contributed by atoms with Crippen LogP contribution in [-0.4, -0.2) is 52.7 Å². The minimum Gasteiger partial charge on any atom is -0.612 e. The number of benzene rings is 1. The molecule has 0 aromatic heterocycles. The van der Waals surface area contributed by atoms with Gasteiger partial charge in [-0.1, -0.05) is 103 Å². The van der Waals surface area contributed by atoms with E-state index < -0.39 is 36.2 Å². The SMILES string of the molecule is CCCCCCCCCCCCCCCCCCOc1cc(N(CC(=O)O)CC(=O)O)cc([S+](C)[O-])c1. The fourth-order valence-corrected chi connectivity index (χ4v) is 4.96. The molecule has 8 heteroatoms. The quantitative estimate of drug-likeness (QED) is 0.107. The molecule has 1 rings (SSSR count). The molecule has 212 valence electrons. The first-order valence-corrected chi connectivity index (χ1v) is 15.7. The summed E-state index contributed by atoms with van der Waals surface area (Å²) in [5.41, 5.74) is 0.375. The van der Waals surface area contributed by atoms with E-state index >= 15 is 0 Å². The molecule has 0 amide bonds. The molecule has 0 aliphatic carbocycles. The molecule has 0 spiro atoms. The van der Waals surface area contributed by atoms with E-state index in [9.17, 15) is 14.1 Å². The minimum absolute atomic E-state index is 0.375. The fraction of sp³-hybridized carbons (Fsp3) is 0.724. The molecule has 37 heavy (non-hydrogen) atoms. The van der Waals surface area contributed by atoms with Crippen LogP contribution in [0.1, 0.15) is 110 Å². The molecule has 7 nitrogen and oxygen atoms in total. The highest BCUT2D eigenvalue weighted by molar-refractivity contribution is 7.90. The first kappa shape index (κ1) is 33.1. The summed E-state index contributed by atoms with van der Waals surface area (Å²) in [5, 5.41) is 18.3. The van der Waals surface area contributed by atoms with Crippen LogP contribution in [0.25, 0.3) is 0 Å². The maximum absolute atomic E-state index is 12.1. The summed E-state index contributed by atoms with van der Waals surface area (Å²) in [6.45, 7) is 1.84. The molecular weight excluding hydrogens is 490 g/mol. The second-order valence-corrected chi connectivity index (χ2v) is 11.3. The number of rotatable bonds is 24. The van der Waals surface area contributed by atoms with Gasteiger partial charge in [0.25, 0.3) is 0 Å². The van der Waals surface area contributed by atoms with Gasteiger partial charge in [0.2, 0.25) is 0 Å². The van der Waals surface area contributed by atoms with Crippen LogP contribution in [0, 0.1) is 0 Å². The Morgan fingerprint density at radius 1 is 0.757 bits per heavy atom. The van der Waals surface area contributed by atoms with Crippen molar-refractivity contribution in [3.63, 3.8) is 0 Å². The maximum atomic E-state index is 12.1. The molecule has 1 atom stereocenters. The number of unbranched alkanes of at least 4 members (excludes halogenated alkanes) is 15. The smallest absolute Gasteiger partial charge is 0.323 e. The highest BCUT2D eigenvalue weighted by Gasteiger charge is 2.18. The molecule has 0 heterocycles. The predicted octanol–water partition coefficient (Wildman–Crippen LogP) is 7.04. The topological polar surface area (TPSA) is 110 Å². The van der Waals surface area contributed by atoms with E-state index in [1.54, 1.807) is 18.2 Å². The first-order valence-electron chi connectivity index (χ1n) is 14.1. The van der Waals surface area contributed by atoms with E-state index in [0.717, 1.165) is 12.8 Å². The predicted molar refractivity (Wildman–Crippen MR) is 151 cm³/mol. The Morgan fingerprint density at radius 2 is 1.19 bits per heavy atom. The zero-order chi connectivity index (χ0) is 27.3. The molecule has 0 fully saturated rings. The number of aliphatic carboxylic acids is 2. The molecule has 0 aliphatic rings. The van der Waals surface area contributed by atoms with E-state index in [1.165, 1.54) is 101 Å². The van der Waals surface area contributed by atoms with Crippen LogP contribution in [0.2, 0.25) is 0 Å². The van der Waals surface area contributed by atoms with Crippen LogP contribution in [0.3, 0.4) is 0 Å². The third-order valence-electron chi connectivity index (χ3n) is 6.48. The Morgan fingerprint density at radius 3 is 1.59 bits per heavy atom. The lowest BCUT2D eigenvalue weighted by Crippen LogP contribution is -2.34. The molecule has 0 saturated carbocycles. The molecule has 1 unspecified atom stereocenters. The van der Waals surface area contributed by atoms with Gasteiger partial charge in [0.15, 0.2) is 4.90 Å². The number of hydrogen-bond acceptors (Lipinski definition) is 5. The lowest BCUT2D eigenvalue weighted by molar-refractivity contribution is -0.136. The Labute approximate surface area is 227 Å². The van der Waals surface area contributed by atoms with E-state index in [2.05, 4.69) is 6.92 Å². The largest absolute Gasteiger partial charge is 0.612 e. The number of carbonyl (C=O) groups is 2. The molecule has 0 radical (unpaired) electrons. The van der Waals surface area contributed by atoms with Gasteiger partial charge in [-0.05, 0) is 17.6 Å². The Balaban J connectivity index is 2.24. The third kappa shape index (κ3) is 17.3. The van der Waals surface area contributed by atoms with E-state index in [-0.39, 0.29) is 0 Å². The zero-order valence-corrected chi connectivity index (χ0v) is 23.9. The number of carboxylic acid groups (broad SMARTS) is 2. The molecule has 0 saturated heterocycles.